The molecule has 4 rings (SSSR count). The summed E-state index contributed by atoms with van der Waals surface area (Å²) in [5, 5.41) is 14.8. The van der Waals surface area contributed by atoms with Gasteiger partial charge in [-0.25, -0.2) is 0 Å². The second kappa shape index (κ2) is 12.5. The van der Waals surface area contributed by atoms with Crippen LogP contribution in [0.2, 0.25) is 10.0 Å². The van der Waals surface area contributed by atoms with Crippen LogP contribution in [0, 0.1) is 0 Å². The zero-order chi connectivity index (χ0) is 23.8. The van der Waals surface area contributed by atoms with E-state index >= 15 is 0 Å². The second-order valence-electron chi connectivity index (χ2n) is 8.79. The third-order valence-electron chi connectivity index (χ3n) is 6.28. The van der Waals surface area contributed by atoms with Gasteiger partial charge in [0.05, 0.1) is 0 Å². The monoisotopic (exact) mass is 501 g/mol. The van der Waals surface area contributed by atoms with Crippen LogP contribution in [0.25, 0.3) is 0 Å². The van der Waals surface area contributed by atoms with Crippen molar-refractivity contribution in [2.24, 2.45) is 0 Å². The fourth-order valence-electron chi connectivity index (χ4n) is 4.33. The van der Waals surface area contributed by atoms with E-state index in [0.29, 0.717) is 34.6 Å². The maximum Gasteiger partial charge on any atom is 0.251 e. The van der Waals surface area contributed by atoms with Gasteiger partial charge in [-0.2, -0.15) is 0 Å². The van der Waals surface area contributed by atoms with Crippen molar-refractivity contribution in [3.63, 3.8) is 0 Å². The fraction of sp³-hybridized carbons (Fsp3) is 0.423. The number of carbonyl (C=O) groups is 1. The molecule has 2 aromatic carbocycles. The Hall–Kier alpha value is -2.25. The van der Waals surface area contributed by atoms with Gasteiger partial charge < -0.3 is 26.2 Å². The SMILES string of the molecule is O=C(NCCc1ccc(Cl)cc1Cl)c1ccc(N/C(=C/C2CCCCN2)N2CCNCC2)cc1. The molecule has 34 heavy (non-hydrogen) atoms. The summed E-state index contributed by atoms with van der Waals surface area (Å²) in [4.78, 5) is 15.0. The van der Waals surface area contributed by atoms with Crippen molar-refractivity contribution in [3.8, 4) is 0 Å². The molecule has 2 heterocycles. The number of piperazine rings is 1. The molecule has 0 aliphatic carbocycles. The number of hydrogen-bond donors (Lipinski definition) is 4. The highest BCUT2D eigenvalue weighted by Crippen LogP contribution is 2.21. The van der Waals surface area contributed by atoms with Crippen LogP contribution in [0.15, 0.2) is 54.4 Å². The Morgan fingerprint density at radius 1 is 1.06 bits per heavy atom. The summed E-state index contributed by atoms with van der Waals surface area (Å²) in [5.41, 5.74) is 2.57. The lowest BCUT2D eigenvalue weighted by Crippen LogP contribution is -2.45. The summed E-state index contributed by atoms with van der Waals surface area (Å²) < 4.78 is 0. The molecule has 1 unspecified atom stereocenters. The number of piperidine rings is 1. The van der Waals surface area contributed by atoms with Crippen molar-refractivity contribution in [1.82, 2.24) is 20.9 Å². The predicted molar refractivity (Wildman–Crippen MR) is 141 cm³/mol. The lowest BCUT2D eigenvalue weighted by molar-refractivity contribution is 0.0954. The van der Waals surface area contributed by atoms with E-state index in [1.807, 2.05) is 36.4 Å². The zero-order valence-corrected chi connectivity index (χ0v) is 20.9. The van der Waals surface area contributed by atoms with Crippen molar-refractivity contribution in [1.29, 1.82) is 0 Å². The first kappa shape index (κ1) is 24.9. The lowest BCUT2D eigenvalue weighted by atomic mass is 10.0. The van der Waals surface area contributed by atoms with Crippen LogP contribution in [0.1, 0.15) is 35.2 Å². The standard InChI is InChI=1S/C26H33Cl2N5O/c27-21-7-4-19(24(28)17-21)10-12-31-26(34)20-5-8-22(9-6-20)32-25(33-15-13-29-14-16-33)18-23-3-1-2-11-30-23/h4-9,17-18,23,29-30,32H,1-3,10-16H2,(H,31,34)/b25-18-. The van der Waals surface area contributed by atoms with Gasteiger partial charge in [-0.3, -0.25) is 4.79 Å². The average molecular weight is 502 g/mol. The number of amides is 1. The highest BCUT2D eigenvalue weighted by atomic mass is 35.5. The van der Waals surface area contributed by atoms with E-state index in [1.165, 1.54) is 12.8 Å². The molecule has 6 nitrogen and oxygen atoms in total. The summed E-state index contributed by atoms with van der Waals surface area (Å²) >= 11 is 12.2. The summed E-state index contributed by atoms with van der Waals surface area (Å²) in [6.07, 6.45) is 6.65. The number of nitrogens with zero attached hydrogens (tertiary/aromatic N) is 1. The Kier molecular flexibility index (Phi) is 9.11. The molecule has 2 aliphatic heterocycles. The molecule has 2 fully saturated rings. The van der Waals surface area contributed by atoms with Crippen molar-refractivity contribution < 1.29 is 4.79 Å². The summed E-state index contributed by atoms with van der Waals surface area (Å²) in [6, 6.07) is 13.5. The number of halogens is 2. The number of benzene rings is 2. The zero-order valence-electron chi connectivity index (χ0n) is 19.4. The molecule has 0 saturated carbocycles. The van der Waals surface area contributed by atoms with E-state index < -0.39 is 0 Å². The van der Waals surface area contributed by atoms with Gasteiger partial charge in [-0.05, 0) is 73.8 Å². The van der Waals surface area contributed by atoms with Crippen LogP contribution in [0.5, 0.6) is 0 Å². The largest absolute Gasteiger partial charge is 0.356 e. The number of nitrogens with one attached hydrogen (secondary N) is 4. The van der Waals surface area contributed by atoms with Crippen LogP contribution in [-0.4, -0.2) is 56.1 Å². The molecular formula is C26H33Cl2N5O. The topological polar surface area (TPSA) is 68.4 Å². The first-order chi connectivity index (χ1) is 16.6. The maximum atomic E-state index is 12.6. The van der Waals surface area contributed by atoms with Crippen molar-refractivity contribution >= 4 is 34.8 Å². The molecule has 0 aromatic heterocycles. The Morgan fingerprint density at radius 3 is 2.56 bits per heavy atom. The molecule has 2 saturated heterocycles. The number of rotatable bonds is 8. The summed E-state index contributed by atoms with van der Waals surface area (Å²) in [6.45, 7) is 5.50. The molecule has 8 heteroatoms. The molecule has 4 N–H and O–H groups in total. The average Bonchev–Trinajstić information content (AvgIpc) is 2.86. The van der Waals surface area contributed by atoms with Gasteiger partial charge in [0.2, 0.25) is 0 Å². The molecule has 2 aliphatic rings. The summed E-state index contributed by atoms with van der Waals surface area (Å²) in [5.74, 6) is 1.04. The van der Waals surface area contributed by atoms with E-state index in [1.54, 1.807) is 6.07 Å². The molecule has 2 aromatic rings. The van der Waals surface area contributed by atoms with E-state index in [0.717, 1.165) is 56.2 Å². The van der Waals surface area contributed by atoms with E-state index in [9.17, 15) is 4.79 Å². The molecule has 1 atom stereocenters. The Morgan fingerprint density at radius 2 is 1.85 bits per heavy atom. The van der Waals surface area contributed by atoms with Gasteiger partial charge in [0.1, 0.15) is 5.82 Å². The second-order valence-corrected chi connectivity index (χ2v) is 9.63. The van der Waals surface area contributed by atoms with Gasteiger partial charge in [0.15, 0.2) is 0 Å². The van der Waals surface area contributed by atoms with Gasteiger partial charge in [-0.15, -0.1) is 0 Å². The molecule has 0 spiro atoms. The quantitative estimate of drug-likeness (QED) is 0.434. The van der Waals surface area contributed by atoms with Crippen LogP contribution < -0.4 is 21.3 Å². The lowest BCUT2D eigenvalue weighted by Gasteiger charge is -2.33. The van der Waals surface area contributed by atoms with Crippen LogP contribution in [0.4, 0.5) is 5.69 Å². The van der Waals surface area contributed by atoms with E-state index in [2.05, 4.69) is 32.2 Å². The molecule has 0 radical (unpaired) electrons. The molecule has 1 amide bonds. The first-order valence-corrected chi connectivity index (χ1v) is 12.8. The summed E-state index contributed by atoms with van der Waals surface area (Å²) in [7, 11) is 0. The van der Waals surface area contributed by atoms with Crippen molar-refractivity contribution in [2.45, 2.75) is 31.7 Å². The molecular weight excluding hydrogens is 469 g/mol. The van der Waals surface area contributed by atoms with Gasteiger partial charge in [-0.1, -0.05) is 35.7 Å². The van der Waals surface area contributed by atoms with Crippen molar-refractivity contribution in [3.05, 3.63) is 75.5 Å². The highest BCUT2D eigenvalue weighted by molar-refractivity contribution is 6.35. The van der Waals surface area contributed by atoms with E-state index in [4.69, 9.17) is 23.2 Å². The Balaban J connectivity index is 1.35. The smallest absolute Gasteiger partial charge is 0.251 e. The van der Waals surface area contributed by atoms with E-state index in [-0.39, 0.29) is 5.91 Å². The van der Waals surface area contributed by atoms with Crippen LogP contribution in [-0.2, 0) is 6.42 Å². The Labute approximate surface area is 212 Å². The molecule has 182 valence electrons. The third kappa shape index (κ3) is 7.12. The fourth-order valence-corrected chi connectivity index (χ4v) is 4.84. The number of carbonyl (C=O) groups excluding carboxylic acids is 1. The van der Waals surface area contributed by atoms with Gasteiger partial charge >= 0.3 is 0 Å². The van der Waals surface area contributed by atoms with Crippen molar-refractivity contribution in [2.75, 3.05) is 44.6 Å². The number of hydrogen-bond acceptors (Lipinski definition) is 5. The Bertz CT molecular complexity index is 983. The minimum Gasteiger partial charge on any atom is -0.356 e. The van der Waals surface area contributed by atoms with Crippen LogP contribution in [0.3, 0.4) is 0 Å². The minimum absolute atomic E-state index is 0.0964. The highest BCUT2D eigenvalue weighted by Gasteiger charge is 2.17. The number of anilines is 1. The normalized spacial score (nSPS) is 19.1. The molecule has 0 bridgehead atoms. The van der Waals surface area contributed by atoms with Gasteiger partial charge in [0.25, 0.3) is 5.91 Å². The third-order valence-corrected chi connectivity index (χ3v) is 6.87. The predicted octanol–water partition coefficient (Wildman–Crippen LogP) is 4.27. The van der Waals surface area contributed by atoms with Gasteiger partial charge in [0, 0.05) is 60.1 Å². The van der Waals surface area contributed by atoms with Crippen LogP contribution >= 0.6 is 23.2 Å². The minimum atomic E-state index is -0.0964. The maximum absolute atomic E-state index is 12.6. The first-order valence-electron chi connectivity index (χ1n) is 12.1.